The molecule has 0 aliphatic heterocycles. The molecule has 0 aliphatic rings. The number of hydrogen-bond acceptors (Lipinski definition) is 13. The van der Waals surface area contributed by atoms with Crippen LogP contribution >= 0.6 is 0 Å². The fraction of sp³-hybridized carbons (Fsp3) is 1.00. The zero-order valence-electron chi connectivity index (χ0n) is 35.0. The van der Waals surface area contributed by atoms with E-state index in [0.29, 0.717) is 0 Å². The average molecular weight is 880 g/mol. The van der Waals surface area contributed by atoms with E-state index in [1.54, 1.807) is 21.3 Å². The van der Waals surface area contributed by atoms with Gasteiger partial charge in [-0.05, 0) is 137 Å². The van der Waals surface area contributed by atoms with Crippen molar-refractivity contribution < 1.29 is 55.4 Å². The third-order valence-corrected chi connectivity index (χ3v) is 39.1. The quantitative estimate of drug-likeness (QED) is 0.0623. The highest BCUT2D eigenvalue weighted by atomic mass is 28.5. The molecular formula is C24H74O13Si11. The molecule has 0 saturated heterocycles. The standard InChI is InChI=1S/C21H64O10Si10.C3H10O3Si/c1-32(2)24-35(8,9)26-37(12,13)28-39(16,17)30-41(20,21)31-40(18,19)29-38(14,15)27-36(10,11)25-34(6,7)23-22-33(3,4)5;1-4-7(5-2)6-3/h32H,1-21H3;7H,1-3H3. The van der Waals surface area contributed by atoms with Gasteiger partial charge in [0.25, 0.3) is 0 Å². The predicted octanol–water partition coefficient (Wildman–Crippen LogP) is 7.14. The summed E-state index contributed by atoms with van der Waals surface area (Å²) in [4.78, 5) is 0. The Balaban J connectivity index is 0. The summed E-state index contributed by atoms with van der Waals surface area (Å²) in [5.41, 5.74) is 0. The Morgan fingerprint density at radius 1 is 0.312 bits per heavy atom. The zero-order valence-corrected chi connectivity index (χ0v) is 46.3. The maximum atomic E-state index is 6.71. The van der Waals surface area contributed by atoms with Crippen molar-refractivity contribution in [1.29, 1.82) is 0 Å². The van der Waals surface area contributed by atoms with E-state index < -0.39 is 95.4 Å². The maximum absolute atomic E-state index is 6.71. The van der Waals surface area contributed by atoms with Gasteiger partial charge in [-0.15, -0.1) is 0 Å². The van der Waals surface area contributed by atoms with Crippen molar-refractivity contribution in [1.82, 2.24) is 0 Å². The fourth-order valence-electron chi connectivity index (χ4n) is 5.39. The summed E-state index contributed by atoms with van der Waals surface area (Å²) in [6.07, 6.45) is 0. The molecule has 0 aliphatic carbocycles. The van der Waals surface area contributed by atoms with Crippen LogP contribution in [0.25, 0.3) is 0 Å². The molecule has 0 radical (unpaired) electrons. The Labute approximate surface area is 308 Å². The van der Waals surface area contributed by atoms with Crippen LogP contribution in [0.4, 0.5) is 0 Å². The number of hydrogen-bond donors (Lipinski definition) is 0. The van der Waals surface area contributed by atoms with Gasteiger partial charge in [-0.1, -0.05) is 0 Å². The molecule has 0 rings (SSSR count). The molecule has 0 fully saturated rings. The fourth-order valence-corrected chi connectivity index (χ4v) is 49.5. The van der Waals surface area contributed by atoms with Crippen molar-refractivity contribution in [3.63, 3.8) is 0 Å². The molecule has 0 amide bonds. The first-order chi connectivity index (χ1) is 20.9. The smallest absolute Gasteiger partial charge is 0.440 e. The molecule has 0 bridgehead atoms. The Morgan fingerprint density at radius 3 is 0.729 bits per heavy atom. The molecular weight excluding hydrogens is 805 g/mol. The van der Waals surface area contributed by atoms with E-state index in [1.165, 1.54) is 0 Å². The maximum Gasteiger partial charge on any atom is 0.483 e. The Hall–Kier alpha value is 1.87. The molecule has 0 unspecified atom stereocenters. The van der Waals surface area contributed by atoms with Crippen LogP contribution in [-0.2, 0) is 55.4 Å². The van der Waals surface area contributed by atoms with E-state index in [9.17, 15) is 0 Å². The SMILES string of the molecule is CO[SiH](OC)OC.C[SiH](C)O[Si](C)(C)O[Si](C)(C)O[Si](C)(C)O[Si](C)(C)O[Si](C)(C)O[Si](C)(C)O[Si](C)(C)O[Si](C)(C)OO[Si](C)(C)C. The minimum absolute atomic E-state index is 1.21. The lowest BCUT2D eigenvalue weighted by Crippen LogP contribution is -2.61. The molecule has 0 spiro atoms. The summed E-state index contributed by atoms with van der Waals surface area (Å²) in [7, 11) is -20.4. The summed E-state index contributed by atoms with van der Waals surface area (Å²) < 4.78 is 78.3. The third-order valence-electron chi connectivity index (χ3n) is 5.03. The van der Waals surface area contributed by atoms with Crippen LogP contribution in [0.2, 0.25) is 137 Å². The van der Waals surface area contributed by atoms with Crippen molar-refractivity contribution in [2.75, 3.05) is 21.3 Å². The van der Waals surface area contributed by atoms with Crippen molar-refractivity contribution in [3.8, 4) is 0 Å². The minimum atomic E-state index is -2.65. The third kappa shape index (κ3) is 27.5. The second-order valence-electron chi connectivity index (χ2n) is 16.4. The second-order valence-corrected chi connectivity index (χ2v) is 54.1. The predicted molar refractivity (Wildman–Crippen MR) is 221 cm³/mol. The van der Waals surface area contributed by atoms with Gasteiger partial charge in [0.15, 0.2) is 9.04 Å². The monoisotopic (exact) mass is 878 g/mol. The van der Waals surface area contributed by atoms with Crippen molar-refractivity contribution >= 4 is 95.4 Å². The van der Waals surface area contributed by atoms with Gasteiger partial charge in [-0.2, -0.15) is 0 Å². The first-order valence-corrected chi connectivity index (χ1v) is 46.6. The summed E-state index contributed by atoms with van der Waals surface area (Å²) in [5, 5.41) is 0. The van der Waals surface area contributed by atoms with Gasteiger partial charge in [0, 0.05) is 21.3 Å². The Morgan fingerprint density at radius 2 is 0.542 bits per heavy atom. The van der Waals surface area contributed by atoms with E-state index in [-0.39, 0.29) is 0 Å². The van der Waals surface area contributed by atoms with E-state index in [0.717, 1.165) is 0 Å². The summed E-state index contributed by atoms with van der Waals surface area (Å²) in [6, 6.07) is 0. The molecule has 0 aromatic heterocycles. The molecule has 48 heavy (non-hydrogen) atoms. The van der Waals surface area contributed by atoms with Gasteiger partial charge >= 0.3 is 78.0 Å². The molecule has 0 atom stereocenters. The molecule has 0 aromatic carbocycles. The van der Waals surface area contributed by atoms with Crippen molar-refractivity contribution in [2.24, 2.45) is 0 Å². The van der Waals surface area contributed by atoms with Crippen LogP contribution in [0, 0.1) is 0 Å². The van der Waals surface area contributed by atoms with E-state index in [2.05, 4.69) is 98.2 Å². The lowest BCUT2D eigenvalue weighted by Gasteiger charge is -2.44. The van der Waals surface area contributed by atoms with Gasteiger partial charge in [0.05, 0.1) is 0 Å². The van der Waals surface area contributed by atoms with Gasteiger partial charge in [-0.25, -0.2) is 0 Å². The first kappa shape index (κ1) is 52.0. The molecule has 0 N–H and O–H groups in total. The lowest BCUT2D eigenvalue weighted by atomic mass is 11.8. The second kappa shape index (κ2) is 20.0. The minimum Gasteiger partial charge on any atom is -0.440 e. The Kier molecular flexibility index (Phi) is 21.6. The number of rotatable bonds is 22. The van der Waals surface area contributed by atoms with Crippen LogP contribution < -0.4 is 0 Å². The highest BCUT2D eigenvalue weighted by molar-refractivity contribution is 6.92. The molecule has 24 heteroatoms. The topological polar surface area (TPSA) is 120 Å². The average Bonchev–Trinajstić information content (AvgIpc) is 2.71. The highest BCUT2D eigenvalue weighted by Crippen LogP contribution is 2.29. The Bertz CT molecular complexity index is 923. The zero-order chi connectivity index (χ0) is 38.8. The first-order valence-electron chi connectivity index (χ1n) is 16.5. The van der Waals surface area contributed by atoms with Crippen LogP contribution in [0.15, 0.2) is 0 Å². The van der Waals surface area contributed by atoms with E-state index in [1.807, 2.05) is 39.3 Å². The van der Waals surface area contributed by atoms with E-state index in [4.69, 9.17) is 55.4 Å². The van der Waals surface area contributed by atoms with Crippen LogP contribution in [0.5, 0.6) is 0 Å². The molecule has 0 aromatic rings. The molecule has 0 saturated carbocycles. The van der Waals surface area contributed by atoms with Gasteiger partial charge in [0.2, 0.25) is 8.32 Å². The van der Waals surface area contributed by atoms with Crippen LogP contribution in [0.1, 0.15) is 0 Å². The molecule has 0 heterocycles. The molecule has 292 valence electrons. The van der Waals surface area contributed by atoms with Crippen LogP contribution in [0.3, 0.4) is 0 Å². The summed E-state index contributed by atoms with van der Waals surface area (Å²) in [6.45, 7) is 43.4. The van der Waals surface area contributed by atoms with Crippen molar-refractivity contribution in [3.05, 3.63) is 0 Å². The normalized spacial score (nSPS) is 14.9. The largest absolute Gasteiger partial charge is 0.483 e. The van der Waals surface area contributed by atoms with E-state index >= 15 is 0 Å². The van der Waals surface area contributed by atoms with Gasteiger partial charge < -0.3 is 46.2 Å². The summed E-state index contributed by atoms with van der Waals surface area (Å²) >= 11 is 0. The van der Waals surface area contributed by atoms with Crippen LogP contribution in [-0.4, -0.2) is 117 Å². The van der Waals surface area contributed by atoms with Gasteiger partial charge in [-0.3, -0.25) is 9.15 Å². The van der Waals surface area contributed by atoms with Gasteiger partial charge in [0.1, 0.15) is 0 Å². The highest BCUT2D eigenvalue weighted by Gasteiger charge is 2.50. The van der Waals surface area contributed by atoms with Crippen molar-refractivity contribution in [2.45, 2.75) is 137 Å². The summed E-state index contributed by atoms with van der Waals surface area (Å²) in [5.74, 6) is 0. The molecule has 13 nitrogen and oxygen atoms in total. The lowest BCUT2D eigenvalue weighted by molar-refractivity contribution is -0.138.